The number of imidazole rings is 1. The predicted molar refractivity (Wildman–Crippen MR) is 48.5 cm³/mol. The first-order valence-electron chi connectivity index (χ1n) is 4.45. The fourth-order valence-corrected chi connectivity index (χ4v) is 1.15. The highest BCUT2D eigenvalue weighted by Gasteiger charge is 2.01. The maximum atomic E-state index is 10.3. The Labute approximate surface area is 77.2 Å². The zero-order chi connectivity index (χ0) is 9.68. The van der Waals surface area contributed by atoms with Gasteiger partial charge in [-0.15, -0.1) is 0 Å². The van der Waals surface area contributed by atoms with Crippen molar-refractivity contribution in [2.24, 2.45) is 0 Å². The number of carbonyl (C=O) groups is 1. The average Bonchev–Trinajstić information content (AvgIpc) is 2.50. The first-order chi connectivity index (χ1) is 6.22. The summed E-state index contributed by atoms with van der Waals surface area (Å²) in [7, 11) is 0. The van der Waals surface area contributed by atoms with Crippen LogP contribution >= 0.6 is 0 Å². The molecule has 1 heterocycles. The monoisotopic (exact) mass is 182 g/mol. The molecule has 0 fully saturated rings. The van der Waals surface area contributed by atoms with E-state index in [9.17, 15) is 4.79 Å². The van der Waals surface area contributed by atoms with Crippen molar-refractivity contribution in [3.05, 3.63) is 18.2 Å². The van der Waals surface area contributed by atoms with Crippen molar-refractivity contribution in [3.8, 4) is 0 Å². The summed E-state index contributed by atoms with van der Waals surface area (Å²) in [5, 5.41) is 8.45. The van der Waals surface area contributed by atoms with E-state index in [-0.39, 0.29) is 6.42 Å². The molecule has 0 bridgehead atoms. The van der Waals surface area contributed by atoms with Gasteiger partial charge < -0.3 is 9.67 Å². The molecule has 1 aromatic rings. The van der Waals surface area contributed by atoms with Crippen LogP contribution in [0, 0.1) is 0 Å². The van der Waals surface area contributed by atoms with Gasteiger partial charge in [-0.3, -0.25) is 4.79 Å². The second-order valence-electron chi connectivity index (χ2n) is 3.00. The summed E-state index contributed by atoms with van der Waals surface area (Å²) >= 11 is 0. The molecule has 0 unspecified atom stereocenters. The molecule has 0 aromatic carbocycles. The summed E-state index contributed by atoms with van der Waals surface area (Å²) in [6, 6.07) is 0. The highest BCUT2D eigenvalue weighted by Crippen LogP contribution is 2.01. The van der Waals surface area contributed by atoms with Crippen molar-refractivity contribution in [1.82, 2.24) is 9.55 Å². The molecule has 1 rings (SSSR count). The molecule has 0 radical (unpaired) electrons. The van der Waals surface area contributed by atoms with Gasteiger partial charge in [0.2, 0.25) is 0 Å². The number of carboxylic acid groups (broad SMARTS) is 1. The minimum Gasteiger partial charge on any atom is -0.481 e. The van der Waals surface area contributed by atoms with E-state index in [1.54, 1.807) is 6.33 Å². The molecule has 4 heteroatoms. The summed E-state index contributed by atoms with van der Waals surface area (Å²) < 4.78 is 1.98. The van der Waals surface area contributed by atoms with E-state index in [1.165, 1.54) is 0 Å². The fraction of sp³-hybridized carbons (Fsp3) is 0.556. The molecule has 0 aliphatic heterocycles. The molecule has 0 saturated carbocycles. The van der Waals surface area contributed by atoms with Crippen LogP contribution in [0.5, 0.6) is 0 Å². The fourth-order valence-electron chi connectivity index (χ4n) is 1.15. The second-order valence-corrected chi connectivity index (χ2v) is 3.00. The van der Waals surface area contributed by atoms with Crippen LogP contribution in [-0.2, 0) is 17.8 Å². The average molecular weight is 182 g/mol. The normalized spacial score (nSPS) is 10.2. The number of hydrogen-bond donors (Lipinski definition) is 1. The van der Waals surface area contributed by atoms with Crippen LogP contribution in [0.25, 0.3) is 0 Å². The second kappa shape index (κ2) is 4.64. The number of aliphatic carboxylic acids is 1. The van der Waals surface area contributed by atoms with Gasteiger partial charge in [-0.05, 0) is 6.42 Å². The molecule has 0 spiro atoms. The summed E-state index contributed by atoms with van der Waals surface area (Å²) in [4.78, 5) is 14.4. The van der Waals surface area contributed by atoms with Crippen molar-refractivity contribution in [2.75, 3.05) is 0 Å². The van der Waals surface area contributed by atoms with Crippen LogP contribution < -0.4 is 0 Å². The molecule has 0 atom stereocenters. The summed E-state index contributed by atoms with van der Waals surface area (Å²) in [5.74, 6) is -0.773. The summed E-state index contributed by atoms with van der Waals surface area (Å²) in [6.45, 7) is 3.04. The van der Waals surface area contributed by atoms with Crippen LogP contribution in [0.15, 0.2) is 12.5 Å². The molecule has 13 heavy (non-hydrogen) atoms. The number of nitrogens with zero attached hydrogens (tertiary/aromatic N) is 2. The summed E-state index contributed by atoms with van der Waals surface area (Å²) in [5.41, 5.74) is 0.857. The molecule has 0 aliphatic rings. The van der Waals surface area contributed by atoms with Gasteiger partial charge in [0.25, 0.3) is 0 Å². The van der Waals surface area contributed by atoms with Crippen molar-refractivity contribution in [3.63, 3.8) is 0 Å². The maximum Gasteiger partial charge on any atom is 0.303 e. The first kappa shape index (κ1) is 9.77. The van der Waals surface area contributed by atoms with Crippen LogP contribution in [0.1, 0.15) is 25.5 Å². The molecule has 72 valence electrons. The van der Waals surface area contributed by atoms with Crippen molar-refractivity contribution >= 4 is 5.97 Å². The third-order valence-corrected chi connectivity index (χ3v) is 1.76. The quantitative estimate of drug-likeness (QED) is 0.747. The van der Waals surface area contributed by atoms with E-state index in [0.717, 1.165) is 18.7 Å². The standard InChI is InChI=1S/C9H14N2O2/c1-2-5-11-6-8(10-7-11)3-4-9(12)13/h6-7H,2-5H2,1H3,(H,12,13). The van der Waals surface area contributed by atoms with Gasteiger partial charge in [-0.1, -0.05) is 6.92 Å². The maximum absolute atomic E-state index is 10.3. The molecule has 1 aromatic heterocycles. The largest absolute Gasteiger partial charge is 0.481 e. The highest BCUT2D eigenvalue weighted by molar-refractivity contribution is 5.66. The zero-order valence-corrected chi connectivity index (χ0v) is 7.73. The van der Waals surface area contributed by atoms with Gasteiger partial charge in [0, 0.05) is 19.2 Å². The Morgan fingerprint density at radius 1 is 1.69 bits per heavy atom. The number of aryl methyl sites for hydroxylation is 2. The Balaban J connectivity index is 2.44. The van der Waals surface area contributed by atoms with Crippen molar-refractivity contribution < 1.29 is 9.90 Å². The Morgan fingerprint density at radius 2 is 2.46 bits per heavy atom. The molecule has 4 nitrogen and oxygen atoms in total. The van der Waals surface area contributed by atoms with Crippen molar-refractivity contribution in [1.29, 1.82) is 0 Å². The SMILES string of the molecule is CCCn1cnc(CCC(=O)O)c1. The Morgan fingerprint density at radius 3 is 3.08 bits per heavy atom. The molecular formula is C9H14N2O2. The molecule has 0 saturated heterocycles. The lowest BCUT2D eigenvalue weighted by Gasteiger charge is -1.95. The molecule has 0 aliphatic carbocycles. The van der Waals surface area contributed by atoms with Gasteiger partial charge in [0.1, 0.15) is 0 Å². The number of aromatic nitrogens is 2. The topological polar surface area (TPSA) is 55.1 Å². The van der Waals surface area contributed by atoms with E-state index in [2.05, 4.69) is 11.9 Å². The van der Waals surface area contributed by atoms with E-state index in [0.29, 0.717) is 6.42 Å². The van der Waals surface area contributed by atoms with Crippen molar-refractivity contribution in [2.45, 2.75) is 32.7 Å². The van der Waals surface area contributed by atoms with Gasteiger partial charge in [0.05, 0.1) is 18.4 Å². The van der Waals surface area contributed by atoms with Gasteiger partial charge in [0.15, 0.2) is 0 Å². The number of rotatable bonds is 5. The Bertz CT molecular complexity index is 281. The number of hydrogen-bond acceptors (Lipinski definition) is 2. The van der Waals surface area contributed by atoms with Crippen LogP contribution in [0.3, 0.4) is 0 Å². The molecule has 0 amide bonds. The minimum atomic E-state index is -0.773. The highest BCUT2D eigenvalue weighted by atomic mass is 16.4. The third kappa shape index (κ3) is 3.27. The zero-order valence-electron chi connectivity index (χ0n) is 7.73. The van der Waals surface area contributed by atoms with Gasteiger partial charge in [-0.2, -0.15) is 0 Å². The van der Waals surface area contributed by atoms with Crippen LogP contribution in [0.4, 0.5) is 0 Å². The lowest BCUT2D eigenvalue weighted by Crippen LogP contribution is -1.97. The number of carboxylic acids is 1. The Hall–Kier alpha value is -1.32. The smallest absolute Gasteiger partial charge is 0.303 e. The lowest BCUT2D eigenvalue weighted by molar-refractivity contribution is -0.136. The van der Waals surface area contributed by atoms with E-state index in [1.807, 2.05) is 10.8 Å². The summed E-state index contributed by atoms with van der Waals surface area (Å²) in [6.07, 6.45) is 5.40. The van der Waals surface area contributed by atoms with E-state index < -0.39 is 5.97 Å². The van der Waals surface area contributed by atoms with E-state index in [4.69, 9.17) is 5.11 Å². The molecular weight excluding hydrogens is 168 g/mol. The van der Waals surface area contributed by atoms with Crippen LogP contribution in [-0.4, -0.2) is 20.6 Å². The first-order valence-corrected chi connectivity index (χ1v) is 4.45. The Kier molecular flexibility index (Phi) is 3.49. The molecule has 1 N–H and O–H groups in total. The van der Waals surface area contributed by atoms with E-state index >= 15 is 0 Å². The van der Waals surface area contributed by atoms with Gasteiger partial charge >= 0.3 is 5.97 Å². The van der Waals surface area contributed by atoms with Crippen LogP contribution in [0.2, 0.25) is 0 Å². The van der Waals surface area contributed by atoms with Gasteiger partial charge in [-0.25, -0.2) is 4.98 Å². The third-order valence-electron chi connectivity index (χ3n) is 1.76. The lowest BCUT2D eigenvalue weighted by atomic mass is 10.2. The minimum absolute atomic E-state index is 0.156. The predicted octanol–water partition coefficient (Wildman–Crippen LogP) is 1.31.